The second kappa shape index (κ2) is 6.06. The topological polar surface area (TPSA) is 64.1 Å². The molecule has 2 heterocycles. The molecule has 0 spiro atoms. The molecule has 0 radical (unpaired) electrons. The van der Waals surface area contributed by atoms with E-state index in [0.717, 1.165) is 22.6 Å². The Labute approximate surface area is 142 Å². The van der Waals surface area contributed by atoms with Crippen LogP contribution in [0.3, 0.4) is 0 Å². The Morgan fingerprint density at radius 1 is 1.12 bits per heavy atom. The predicted molar refractivity (Wildman–Crippen MR) is 93.9 cm³/mol. The fourth-order valence-electron chi connectivity index (χ4n) is 2.50. The molecular weight excluding hydrogens is 302 g/mol. The number of aromatic nitrogens is 2. The van der Waals surface area contributed by atoms with Crippen LogP contribution in [0.2, 0.25) is 0 Å². The summed E-state index contributed by atoms with van der Waals surface area (Å²) >= 11 is 0. The van der Waals surface area contributed by atoms with Gasteiger partial charge in [-0.3, -0.25) is 5.32 Å². The normalized spacial score (nSPS) is 13.6. The second-order valence-electron chi connectivity index (χ2n) is 7.50. The summed E-state index contributed by atoms with van der Waals surface area (Å²) in [5.41, 5.74) is 3.33. The molecular formula is C19H25N3O2. The lowest BCUT2D eigenvalue weighted by molar-refractivity contribution is 0.327. The zero-order valence-electron chi connectivity index (χ0n) is 15.2. The van der Waals surface area contributed by atoms with Crippen molar-refractivity contribution in [3.63, 3.8) is 0 Å². The number of nitrogens with zero attached hydrogens (tertiary/aromatic N) is 2. The number of hydrogen-bond donors (Lipinski definition) is 1. The molecule has 0 aliphatic carbocycles. The Balaban J connectivity index is 1.70. The fourth-order valence-corrected chi connectivity index (χ4v) is 2.50. The maximum Gasteiger partial charge on any atom is 0.243 e. The highest BCUT2D eigenvalue weighted by Crippen LogP contribution is 2.24. The molecule has 5 heteroatoms. The van der Waals surface area contributed by atoms with Gasteiger partial charge >= 0.3 is 0 Å². The Morgan fingerprint density at radius 2 is 1.83 bits per heavy atom. The van der Waals surface area contributed by atoms with Crippen LogP contribution in [0, 0.1) is 13.8 Å². The van der Waals surface area contributed by atoms with Crippen LogP contribution in [-0.4, -0.2) is 10.1 Å². The molecule has 0 amide bonds. The molecule has 3 aromatic rings. The molecule has 0 saturated carbocycles. The summed E-state index contributed by atoms with van der Waals surface area (Å²) in [5, 5.41) is 8.58. The molecule has 1 unspecified atom stereocenters. The Hall–Kier alpha value is -2.14. The predicted octanol–water partition coefficient (Wildman–Crippen LogP) is 4.58. The number of aryl methyl sites for hydroxylation is 2. The zero-order chi connectivity index (χ0) is 17.5. The van der Waals surface area contributed by atoms with Crippen LogP contribution >= 0.6 is 0 Å². The summed E-state index contributed by atoms with van der Waals surface area (Å²) in [6, 6.07) is 6.29. The minimum absolute atomic E-state index is 0.0368. The molecule has 0 aliphatic rings. The number of rotatable bonds is 4. The first kappa shape index (κ1) is 16.7. The molecule has 24 heavy (non-hydrogen) atoms. The quantitative estimate of drug-likeness (QED) is 0.760. The minimum atomic E-state index is -0.115. The van der Waals surface area contributed by atoms with E-state index < -0.39 is 0 Å². The molecule has 0 saturated heterocycles. The first-order chi connectivity index (χ1) is 11.2. The Morgan fingerprint density at radius 3 is 2.50 bits per heavy atom. The van der Waals surface area contributed by atoms with E-state index in [4.69, 9.17) is 8.94 Å². The van der Waals surface area contributed by atoms with Gasteiger partial charge in [-0.1, -0.05) is 25.9 Å². The second-order valence-corrected chi connectivity index (χ2v) is 7.50. The van der Waals surface area contributed by atoms with Gasteiger partial charge in [-0.15, -0.1) is 0 Å². The van der Waals surface area contributed by atoms with Crippen molar-refractivity contribution < 1.29 is 8.94 Å². The van der Waals surface area contributed by atoms with E-state index in [2.05, 4.69) is 68.3 Å². The van der Waals surface area contributed by atoms with Crippen molar-refractivity contribution in [3.8, 4) is 0 Å². The number of hydrogen-bond acceptors (Lipinski definition) is 5. The monoisotopic (exact) mass is 327 g/mol. The average molecular weight is 327 g/mol. The highest BCUT2D eigenvalue weighted by atomic mass is 16.5. The van der Waals surface area contributed by atoms with Crippen LogP contribution in [0.5, 0.6) is 0 Å². The summed E-state index contributed by atoms with van der Waals surface area (Å²) in [7, 11) is 0. The molecule has 1 N–H and O–H groups in total. The van der Waals surface area contributed by atoms with E-state index in [-0.39, 0.29) is 11.5 Å². The van der Waals surface area contributed by atoms with Gasteiger partial charge in [0.15, 0.2) is 5.82 Å². The lowest BCUT2D eigenvalue weighted by Gasteiger charge is -2.11. The molecule has 1 atom stereocenters. The first-order valence-corrected chi connectivity index (χ1v) is 8.31. The molecule has 5 nitrogen and oxygen atoms in total. The molecule has 1 aromatic carbocycles. The molecule has 3 rings (SSSR count). The Kier molecular flexibility index (Phi) is 4.22. The Bertz CT molecular complexity index is 816. The zero-order valence-corrected chi connectivity index (χ0v) is 15.2. The van der Waals surface area contributed by atoms with Crippen LogP contribution < -0.4 is 5.32 Å². The van der Waals surface area contributed by atoms with Gasteiger partial charge in [-0.2, -0.15) is 4.98 Å². The van der Waals surface area contributed by atoms with Crippen molar-refractivity contribution in [1.82, 2.24) is 15.5 Å². The molecule has 0 aliphatic heterocycles. The van der Waals surface area contributed by atoms with Gasteiger partial charge in [0.1, 0.15) is 11.3 Å². The SMILES string of the molecule is Cc1cc2cc(CNC(C)c3nc(C(C)(C)C)no3)oc2cc1C. The first-order valence-electron chi connectivity index (χ1n) is 8.31. The van der Waals surface area contributed by atoms with Crippen molar-refractivity contribution in [2.24, 2.45) is 0 Å². The van der Waals surface area contributed by atoms with Gasteiger partial charge in [-0.25, -0.2) is 0 Å². The van der Waals surface area contributed by atoms with Gasteiger partial charge in [-0.05, 0) is 50.1 Å². The summed E-state index contributed by atoms with van der Waals surface area (Å²) in [5.74, 6) is 2.22. The minimum Gasteiger partial charge on any atom is -0.460 e. The summed E-state index contributed by atoms with van der Waals surface area (Å²) in [4.78, 5) is 4.49. The lowest BCUT2D eigenvalue weighted by Crippen LogP contribution is -2.19. The number of fused-ring (bicyclic) bond motifs is 1. The van der Waals surface area contributed by atoms with Gasteiger partial charge in [0.25, 0.3) is 0 Å². The van der Waals surface area contributed by atoms with E-state index in [0.29, 0.717) is 12.4 Å². The third-order valence-corrected chi connectivity index (χ3v) is 4.25. The number of benzene rings is 1. The summed E-state index contributed by atoms with van der Waals surface area (Å²) in [6.45, 7) is 13.0. The van der Waals surface area contributed by atoms with Crippen molar-refractivity contribution >= 4 is 11.0 Å². The summed E-state index contributed by atoms with van der Waals surface area (Å²) < 4.78 is 11.3. The van der Waals surface area contributed by atoms with Gasteiger partial charge in [0.05, 0.1) is 12.6 Å². The van der Waals surface area contributed by atoms with Crippen LogP contribution in [0.1, 0.15) is 62.3 Å². The van der Waals surface area contributed by atoms with E-state index in [1.807, 2.05) is 6.92 Å². The maximum absolute atomic E-state index is 5.92. The van der Waals surface area contributed by atoms with Crippen LogP contribution in [0.15, 0.2) is 27.1 Å². The average Bonchev–Trinajstić information content (AvgIpc) is 3.11. The highest BCUT2D eigenvalue weighted by Gasteiger charge is 2.23. The van der Waals surface area contributed by atoms with Crippen molar-refractivity contribution in [1.29, 1.82) is 0 Å². The van der Waals surface area contributed by atoms with Crippen molar-refractivity contribution in [3.05, 3.63) is 46.8 Å². The van der Waals surface area contributed by atoms with E-state index in [1.165, 1.54) is 11.1 Å². The van der Waals surface area contributed by atoms with E-state index in [9.17, 15) is 0 Å². The molecule has 128 valence electrons. The van der Waals surface area contributed by atoms with Crippen molar-refractivity contribution in [2.75, 3.05) is 0 Å². The number of furan rings is 1. The van der Waals surface area contributed by atoms with Crippen LogP contribution in [0.4, 0.5) is 0 Å². The van der Waals surface area contributed by atoms with E-state index in [1.54, 1.807) is 0 Å². The maximum atomic E-state index is 5.92. The third-order valence-electron chi connectivity index (χ3n) is 4.25. The third kappa shape index (κ3) is 3.36. The van der Waals surface area contributed by atoms with Crippen LogP contribution in [0.25, 0.3) is 11.0 Å². The number of nitrogens with one attached hydrogen (secondary N) is 1. The van der Waals surface area contributed by atoms with Crippen molar-refractivity contribution in [2.45, 2.75) is 59.5 Å². The fraction of sp³-hybridized carbons (Fsp3) is 0.474. The van der Waals surface area contributed by atoms with Gasteiger partial charge < -0.3 is 8.94 Å². The van der Waals surface area contributed by atoms with E-state index >= 15 is 0 Å². The molecule has 0 fully saturated rings. The summed E-state index contributed by atoms with van der Waals surface area (Å²) in [6.07, 6.45) is 0. The van der Waals surface area contributed by atoms with Gasteiger partial charge in [0.2, 0.25) is 5.89 Å². The standard InChI is InChI=1S/C19H25N3O2/c1-11-7-14-9-15(23-16(14)8-12(11)2)10-20-13(3)17-21-18(22-24-17)19(4,5)6/h7-9,13,20H,10H2,1-6H3. The smallest absolute Gasteiger partial charge is 0.243 e. The van der Waals surface area contributed by atoms with Crippen LogP contribution in [-0.2, 0) is 12.0 Å². The van der Waals surface area contributed by atoms with Gasteiger partial charge in [0, 0.05) is 10.8 Å². The lowest BCUT2D eigenvalue weighted by atomic mass is 9.96. The highest BCUT2D eigenvalue weighted by molar-refractivity contribution is 5.79. The molecule has 2 aromatic heterocycles. The molecule has 0 bridgehead atoms. The largest absolute Gasteiger partial charge is 0.460 e.